The van der Waals surface area contributed by atoms with Crippen LogP contribution < -0.4 is 10.3 Å². The molecule has 0 saturated carbocycles. The highest BCUT2D eigenvalue weighted by Gasteiger charge is 2.15. The SMILES string of the molecule is COn1cc(C(=O)O)c(=O)c2ccc(-c3ccncc3)cc21. The van der Waals surface area contributed by atoms with Crippen molar-refractivity contribution in [3.63, 3.8) is 0 Å². The van der Waals surface area contributed by atoms with Gasteiger partial charge in [-0.15, -0.1) is 0 Å². The lowest BCUT2D eigenvalue weighted by atomic mass is 10.0. The standard InChI is InChI=1S/C16H12N2O4/c1-22-18-9-13(16(20)21)15(19)12-3-2-11(8-14(12)18)10-4-6-17-7-5-10/h2-9H,1H3,(H,20,21). The molecule has 0 aliphatic carbocycles. The van der Waals surface area contributed by atoms with Crippen LogP contribution in [0.5, 0.6) is 0 Å². The minimum absolute atomic E-state index is 0.291. The minimum atomic E-state index is -1.28. The summed E-state index contributed by atoms with van der Waals surface area (Å²) in [6.45, 7) is 0. The predicted octanol–water partition coefficient (Wildman–Crippen LogP) is 1.82. The van der Waals surface area contributed by atoms with Crippen LogP contribution in [0.15, 0.2) is 53.7 Å². The maximum absolute atomic E-state index is 12.2. The van der Waals surface area contributed by atoms with E-state index in [0.29, 0.717) is 10.9 Å². The van der Waals surface area contributed by atoms with Crippen LogP contribution in [0.2, 0.25) is 0 Å². The van der Waals surface area contributed by atoms with E-state index in [9.17, 15) is 9.59 Å². The quantitative estimate of drug-likeness (QED) is 0.797. The second kappa shape index (κ2) is 5.33. The average Bonchev–Trinajstić information content (AvgIpc) is 2.55. The monoisotopic (exact) mass is 296 g/mol. The zero-order valence-electron chi connectivity index (χ0n) is 11.7. The molecule has 110 valence electrons. The van der Waals surface area contributed by atoms with Crippen molar-refractivity contribution in [2.24, 2.45) is 0 Å². The van der Waals surface area contributed by atoms with E-state index in [1.54, 1.807) is 30.6 Å². The summed E-state index contributed by atoms with van der Waals surface area (Å²) in [6, 6.07) is 8.85. The van der Waals surface area contributed by atoms with Gasteiger partial charge in [-0.2, -0.15) is 4.73 Å². The lowest BCUT2D eigenvalue weighted by molar-refractivity contribution is 0.0691. The Balaban J connectivity index is 2.31. The Morgan fingerprint density at radius 2 is 1.91 bits per heavy atom. The molecule has 3 rings (SSSR count). The number of hydrogen-bond acceptors (Lipinski definition) is 4. The number of fused-ring (bicyclic) bond motifs is 1. The molecule has 6 heteroatoms. The van der Waals surface area contributed by atoms with Crippen LogP contribution >= 0.6 is 0 Å². The maximum Gasteiger partial charge on any atom is 0.341 e. The summed E-state index contributed by atoms with van der Waals surface area (Å²) < 4.78 is 1.28. The van der Waals surface area contributed by atoms with Crippen LogP contribution in [0, 0.1) is 0 Å². The number of aromatic carboxylic acids is 1. The van der Waals surface area contributed by atoms with E-state index < -0.39 is 11.4 Å². The van der Waals surface area contributed by atoms with E-state index in [1.165, 1.54) is 18.0 Å². The third-order valence-corrected chi connectivity index (χ3v) is 3.41. The summed E-state index contributed by atoms with van der Waals surface area (Å²) >= 11 is 0. The average molecular weight is 296 g/mol. The van der Waals surface area contributed by atoms with Gasteiger partial charge in [0.2, 0.25) is 5.43 Å². The lowest BCUT2D eigenvalue weighted by Crippen LogP contribution is -2.21. The van der Waals surface area contributed by atoms with E-state index in [2.05, 4.69) is 4.98 Å². The van der Waals surface area contributed by atoms with Gasteiger partial charge in [-0.1, -0.05) is 6.07 Å². The predicted molar refractivity (Wildman–Crippen MR) is 80.9 cm³/mol. The van der Waals surface area contributed by atoms with Crippen LogP contribution in [0.1, 0.15) is 10.4 Å². The molecule has 0 fully saturated rings. The molecule has 0 amide bonds. The Labute approximate surface area is 125 Å². The smallest absolute Gasteiger partial charge is 0.341 e. The molecule has 0 saturated heterocycles. The van der Waals surface area contributed by atoms with Gasteiger partial charge in [0.15, 0.2) is 0 Å². The van der Waals surface area contributed by atoms with Gasteiger partial charge < -0.3 is 9.94 Å². The molecule has 0 bridgehead atoms. The van der Waals surface area contributed by atoms with Crippen LogP contribution in [-0.4, -0.2) is 27.9 Å². The van der Waals surface area contributed by atoms with E-state index in [4.69, 9.17) is 9.94 Å². The summed E-state index contributed by atoms with van der Waals surface area (Å²) in [5.74, 6) is -1.28. The van der Waals surface area contributed by atoms with Gasteiger partial charge in [-0.3, -0.25) is 9.78 Å². The zero-order valence-corrected chi connectivity index (χ0v) is 11.7. The van der Waals surface area contributed by atoms with Crippen molar-refractivity contribution >= 4 is 16.9 Å². The molecule has 2 heterocycles. The summed E-state index contributed by atoms with van der Waals surface area (Å²) in [4.78, 5) is 32.5. The fourth-order valence-corrected chi connectivity index (χ4v) is 2.32. The highest BCUT2D eigenvalue weighted by molar-refractivity contribution is 5.93. The van der Waals surface area contributed by atoms with Crippen molar-refractivity contribution in [3.8, 4) is 11.1 Å². The van der Waals surface area contributed by atoms with Crippen molar-refractivity contribution in [3.05, 3.63) is 64.7 Å². The molecule has 3 aromatic rings. The lowest BCUT2D eigenvalue weighted by Gasteiger charge is -2.11. The molecule has 2 aromatic heterocycles. The van der Waals surface area contributed by atoms with Gasteiger partial charge in [0.05, 0.1) is 17.1 Å². The van der Waals surface area contributed by atoms with Crippen LogP contribution in [0.4, 0.5) is 0 Å². The molecular formula is C16H12N2O4. The second-order valence-electron chi connectivity index (χ2n) is 4.65. The molecule has 22 heavy (non-hydrogen) atoms. The van der Waals surface area contributed by atoms with Crippen LogP contribution in [0.25, 0.3) is 22.0 Å². The molecule has 0 aliphatic heterocycles. The normalized spacial score (nSPS) is 10.6. The number of benzene rings is 1. The number of rotatable bonds is 3. The Kier molecular flexibility index (Phi) is 3.34. The highest BCUT2D eigenvalue weighted by Crippen LogP contribution is 2.22. The van der Waals surface area contributed by atoms with E-state index in [0.717, 1.165) is 11.1 Å². The third kappa shape index (κ3) is 2.20. The van der Waals surface area contributed by atoms with Crippen molar-refractivity contribution in [2.75, 3.05) is 7.11 Å². The molecule has 0 radical (unpaired) electrons. The Hall–Kier alpha value is -3.15. The first kappa shape index (κ1) is 13.8. The molecule has 0 atom stereocenters. The molecule has 0 unspecified atom stereocenters. The number of carboxylic acids is 1. The number of aromatic nitrogens is 2. The molecule has 6 nitrogen and oxygen atoms in total. The van der Waals surface area contributed by atoms with E-state index in [1.807, 2.05) is 12.1 Å². The Bertz CT molecular complexity index is 917. The second-order valence-corrected chi connectivity index (χ2v) is 4.65. The van der Waals surface area contributed by atoms with Gasteiger partial charge >= 0.3 is 5.97 Å². The van der Waals surface area contributed by atoms with Gasteiger partial charge in [0.25, 0.3) is 0 Å². The highest BCUT2D eigenvalue weighted by atomic mass is 16.6. The zero-order chi connectivity index (χ0) is 15.7. The van der Waals surface area contributed by atoms with Crippen LogP contribution in [0.3, 0.4) is 0 Å². The molecule has 0 spiro atoms. The number of carbonyl (C=O) groups is 1. The maximum atomic E-state index is 12.2. The first-order chi connectivity index (χ1) is 10.6. The number of pyridine rings is 2. The van der Waals surface area contributed by atoms with E-state index in [-0.39, 0.29) is 5.56 Å². The van der Waals surface area contributed by atoms with Gasteiger partial charge in [0.1, 0.15) is 12.7 Å². The first-order valence-corrected chi connectivity index (χ1v) is 6.49. The molecule has 1 N–H and O–H groups in total. The van der Waals surface area contributed by atoms with Gasteiger partial charge in [-0.25, -0.2) is 4.79 Å². The van der Waals surface area contributed by atoms with Crippen molar-refractivity contribution in [1.29, 1.82) is 0 Å². The van der Waals surface area contributed by atoms with Gasteiger partial charge in [0, 0.05) is 12.4 Å². The number of nitrogens with zero attached hydrogens (tertiary/aromatic N) is 2. The topological polar surface area (TPSA) is 81.4 Å². The third-order valence-electron chi connectivity index (χ3n) is 3.41. The summed E-state index contributed by atoms with van der Waals surface area (Å²) in [5.41, 5.74) is 1.47. The van der Waals surface area contributed by atoms with Crippen molar-refractivity contribution in [1.82, 2.24) is 9.71 Å². The molecular weight excluding hydrogens is 284 g/mol. The fourth-order valence-electron chi connectivity index (χ4n) is 2.32. The van der Waals surface area contributed by atoms with Crippen LogP contribution in [-0.2, 0) is 0 Å². The molecule has 1 aromatic carbocycles. The summed E-state index contributed by atoms with van der Waals surface area (Å²) in [6.07, 6.45) is 4.54. The largest absolute Gasteiger partial charge is 0.477 e. The van der Waals surface area contributed by atoms with Crippen molar-refractivity contribution in [2.45, 2.75) is 0 Å². The number of hydrogen-bond donors (Lipinski definition) is 1. The Morgan fingerprint density at radius 1 is 1.18 bits per heavy atom. The molecule has 0 aliphatic rings. The summed E-state index contributed by atoms with van der Waals surface area (Å²) in [7, 11) is 1.41. The van der Waals surface area contributed by atoms with E-state index >= 15 is 0 Å². The van der Waals surface area contributed by atoms with Gasteiger partial charge in [-0.05, 0) is 35.4 Å². The van der Waals surface area contributed by atoms with Crippen molar-refractivity contribution < 1.29 is 14.7 Å². The summed E-state index contributed by atoms with van der Waals surface area (Å²) in [5, 5.41) is 9.39. The number of carboxylic acid groups (broad SMARTS) is 1. The fraction of sp³-hybridized carbons (Fsp3) is 0.0625. The Morgan fingerprint density at radius 3 is 2.55 bits per heavy atom. The first-order valence-electron chi connectivity index (χ1n) is 6.49. The minimum Gasteiger partial charge on any atom is -0.477 e.